The van der Waals surface area contributed by atoms with Crippen molar-refractivity contribution in [3.63, 3.8) is 0 Å². The maximum absolute atomic E-state index is 11.6. The van der Waals surface area contributed by atoms with E-state index in [1.54, 1.807) is 11.0 Å². The largest absolute Gasteiger partial charge is 0.389 e. The molecule has 0 bridgehead atoms. The zero-order valence-electron chi connectivity index (χ0n) is 6.80. The predicted octanol–water partition coefficient (Wildman–Crippen LogP) is 0.853. The molecule has 1 saturated heterocycles. The fraction of sp³-hybridized carbons (Fsp3) is 0.375. The van der Waals surface area contributed by atoms with Gasteiger partial charge in [-0.2, -0.15) is 0 Å². The van der Waals surface area contributed by atoms with Gasteiger partial charge >= 0.3 is 0 Å². The Morgan fingerprint density at radius 2 is 2.38 bits per heavy atom. The highest BCUT2D eigenvalue weighted by Gasteiger charge is 2.29. The monoisotopic (exact) mass is 215 g/mol. The molecule has 2 rings (SSSR count). The molecular formula is C8H9NO2S2. The number of carbonyl (C=O) groups is 1. The molecule has 1 aromatic heterocycles. The fourth-order valence-electron chi connectivity index (χ4n) is 1.22. The van der Waals surface area contributed by atoms with Crippen LogP contribution in [0.15, 0.2) is 16.3 Å². The van der Waals surface area contributed by atoms with Crippen LogP contribution < -0.4 is 0 Å². The van der Waals surface area contributed by atoms with E-state index in [0.717, 1.165) is 4.90 Å². The number of nitrogens with zero attached hydrogens (tertiary/aromatic N) is 1. The number of thiophene rings is 1. The summed E-state index contributed by atoms with van der Waals surface area (Å²) in [5.74, 6) is -0.00407. The van der Waals surface area contributed by atoms with E-state index >= 15 is 0 Å². The maximum Gasteiger partial charge on any atom is 0.264 e. The van der Waals surface area contributed by atoms with Crippen LogP contribution in [0.25, 0.3) is 0 Å². The van der Waals surface area contributed by atoms with Crippen LogP contribution in [0.1, 0.15) is 9.67 Å². The number of rotatable bonds is 1. The van der Waals surface area contributed by atoms with E-state index in [9.17, 15) is 4.79 Å². The molecule has 2 heterocycles. The van der Waals surface area contributed by atoms with Crippen LogP contribution in [-0.2, 0) is 0 Å². The number of likely N-dealkylation sites (tertiary alicyclic amines) is 1. The first-order chi connectivity index (χ1) is 6.16. The molecule has 0 aromatic carbocycles. The van der Waals surface area contributed by atoms with Crippen molar-refractivity contribution in [3.8, 4) is 0 Å². The smallest absolute Gasteiger partial charge is 0.264 e. The molecule has 1 N–H and O–H groups in total. The van der Waals surface area contributed by atoms with Crippen molar-refractivity contribution in [2.45, 2.75) is 11.0 Å². The van der Waals surface area contributed by atoms with Crippen LogP contribution in [0, 0.1) is 0 Å². The van der Waals surface area contributed by atoms with Gasteiger partial charge in [0.1, 0.15) is 0 Å². The standard InChI is InChI=1S/C8H9NO2S2/c10-5-2-9(3-5)8(11)7-1-6(12)4-13-7/h1,4-5,10,12H,2-3H2. The molecule has 0 atom stereocenters. The van der Waals surface area contributed by atoms with Crippen molar-refractivity contribution in [2.75, 3.05) is 13.1 Å². The zero-order chi connectivity index (χ0) is 9.42. The summed E-state index contributed by atoms with van der Waals surface area (Å²) >= 11 is 5.51. The second-order valence-electron chi connectivity index (χ2n) is 3.03. The molecule has 3 nitrogen and oxygen atoms in total. The molecule has 1 amide bonds. The molecule has 0 radical (unpaired) electrons. The number of hydrogen-bond donors (Lipinski definition) is 2. The van der Waals surface area contributed by atoms with Crippen molar-refractivity contribution in [1.82, 2.24) is 4.90 Å². The number of amides is 1. The average Bonchev–Trinajstić information content (AvgIpc) is 2.45. The lowest BCUT2D eigenvalue weighted by molar-refractivity contribution is 0.00622. The van der Waals surface area contributed by atoms with Gasteiger partial charge in [0.25, 0.3) is 5.91 Å². The molecule has 0 aliphatic carbocycles. The van der Waals surface area contributed by atoms with E-state index in [1.807, 2.05) is 5.38 Å². The van der Waals surface area contributed by atoms with Gasteiger partial charge in [-0.15, -0.1) is 24.0 Å². The number of carbonyl (C=O) groups excluding carboxylic acids is 1. The van der Waals surface area contributed by atoms with Crippen molar-refractivity contribution >= 4 is 29.9 Å². The van der Waals surface area contributed by atoms with Gasteiger partial charge in [-0.25, -0.2) is 0 Å². The lowest BCUT2D eigenvalue weighted by Crippen LogP contribution is -2.53. The number of β-amino-alcohol motifs (C(OH)–C–C–N with tert-alkyl or cyclic N) is 1. The molecule has 0 unspecified atom stereocenters. The number of hydrogen-bond acceptors (Lipinski definition) is 4. The van der Waals surface area contributed by atoms with E-state index in [4.69, 9.17) is 5.11 Å². The molecule has 70 valence electrons. The van der Waals surface area contributed by atoms with Gasteiger partial charge in [0, 0.05) is 23.4 Å². The second-order valence-corrected chi connectivity index (χ2v) is 4.46. The molecule has 1 aromatic rings. The summed E-state index contributed by atoms with van der Waals surface area (Å²) in [5, 5.41) is 10.8. The van der Waals surface area contributed by atoms with Crippen LogP contribution in [0.2, 0.25) is 0 Å². The van der Waals surface area contributed by atoms with Gasteiger partial charge in [0.15, 0.2) is 0 Å². The lowest BCUT2D eigenvalue weighted by Gasteiger charge is -2.35. The minimum atomic E-state index is -0.334. The highest BCUT2D eigenvalue weighted by Crippen LogP contribution is 2.21. The summed E-state index contributed by atoms with van der Waals surface area (Å²) < 4.78 is 0. The summed E-state index contributed by atoms with van der Waals surface area (Å²) in [4.78, 5) is 14.7. The summed E-state index contributed by atoms with van der Waals surface area (Å²) in [6, 6.07) is 1.75. The van der Waals surface area contributed by atoms with E-state index in [0.29, 0.717) is 18.0 Å². The maximum atomic E-state index is 11.6. The Morgan fingerprint density at radius 1 is 1.69 bits per heavy atom. The average molecular weight is 215 g/mol. The van der Waals surface area contributed by atoms with Crippen molar-refractivity contribution in [3.05, 3.63) is 16.3 Å². The first-order valence-corrected chi connectivity index (χ1v) is 5.24. The predicted molar refractivity (Wildman–Crippen MR) is 53.5 cm³/mol. The Balaban J connectivity index is 2.06. The molecule has 1 aliphatic heterocycles. The minimum absolute atomic E-state index is 0.00407. The molecule has 0 spiro atoms. The summed E-state index contributed by atoms with van der Waals surface area (Å²) in [6.07, 6.45) is -0.334. The Bertz CT molecular complexity index is 331. The Labute approximate surface area is 85.4 Å². The van der Waals surface area contributed by atoms with Gasteiger partial charge in [-0.05, 0) is 6.07 Å². The number of aliphatic hydroxyl groups is 1. The Hall–Kier alpha value is -0.520. The third-order valence-corrected chi connectivity index (χ3v) is 3.30. The van der Waals surface area contributed by atoms with Crippen LogP contribution in [-0.4, -0.2) is 35.1 Å². The molecule has 1 aliphatic rings. The highest BCUT2D eigenvalue weighted by molar-refractivity contribution is 7.80. The lowest BCUT2D eigenvalue weighted by atomic mass is 10.1. The van der Waals surface area contributed by atoms with E-state index < -0.39 is 0 Å². The normalized spacial score (nSPS) is 17.2. The van der Waals surface area contributed by atoms with Crippen LogP contribution in [0.4, 0.5) is 0 Å². The topological polar surface area (TPSA) is 40.5 Å². The quantitative estimate of drug-likeness (QED) is 0.682. The minimum Gasteiger partial charge on any atom is -0.389 e. The van der Waals surface area contributed by atoms with E-state index in [2.05, 4.69) is 12.6 Å². The Kier molecular flexibility index (Phi) is 2.31. The zero-order valence-corrected chi connectivity index (χ0v) is 8.52. The van der Waals surface area contributed by atoms with E-state index in [-0.39, 0.29) is 12.0 Å². The van der Waals surface area contributed by atoms with Gasteiger partial charge in [-0.1, -0.05) is 0 Å². The van der Waals surface area contributed by atoms with Crippen LogP contribution in [0.3, 0.4) is 0 Å². The van der Waals surface area contributed by atoms with Crippen LogP contribution >= 0.6 is 24.0 Å². The van der Waals surface area contributed by atoms with Crippen LogP contribution in [0.5, 0.6) is 0 Å². The third-order valence-electron chi connectivity index (χ3n) is 1.95. The van der Waals surface area contributed by atoms with Crippen molar-refractivity contribution in [1.29, 1.82) is 0 Å². The van der Waals surface area contributed by atoms with Crippen molar-refractivity contribution in [2.24, 2.45) is 0 Å². The highest BCUT2D eigenvalue weighted by atomic mass is 32.1. The third kappa shape index (κ3) is 1.72. The fourth-order valence-corrected chi connectivity index (χ4v) is 2.33. The number of thiol groups is 1. The molecule has 1 fully saturated rings. The first kappa shape index (κ1) is 9.05. The SMILES string of the molecule is O=C(c1cc(S)cs1)N1CC(O)C1. The second kappa shape index (κ2) is 3.32. The molecule has 13 heavy (non-hydrogen) atoms. The van der Waals surface area contributed by atoms with Gasteiger partial charge in [-0.3, -0.25) is 4.79 Å². The number of aliphatic hydroxyl groups excluding tert-OH is 1. The first-order valence-electron chi connectivity index (χ1n) is 3.91. The van der Waals surface area contributed by atoms with E-state index in [1.165, 1.54) is 11.3 Å². The van der Waals surface area contributed by atoms with Gasteiger partial charge in [0.05, 0.1) is 11.0 Å². The van der Waals surface area contributed by atoms with Crippen molar-refractivity contribution < 1.29 is 9.90 Å². The summed E-state index contributed by atoms with van der Waals surface area (Å²) in [6.45, 7) is 0.914. The van der Waals surface area contributed by atoms with Gasteiger partial charge in [0.2, 0.25) is 0 Å². The summed E-state index contributed by atoms with van der Waals surface area (Å²) in [7, 11) is 0. The molecule has 5 heteroatoms. The van der Waals surface area contributed by atoms with Gasteiger partial charge < -0.3 is 10.0 Å². The molecule has 0 saturated carbocycles. The summed E-state index contributed by atoms with van der Waals surface area (Å²) in [5.41, 5.74) is 0. The Morgan fingerprint density at radius 3 is 2.85 bits per heavy atom. The molecular weight excluding hydrogens is 206 g/mol.